The minimum absolute atomic E-state index is 0.295. The third-order valence-electron chi connectivity index (χ3n) is 2.90. The van der Waals surface area contributed by atoms with Crippen molar-refractivity contribution in [2.24, 2.45) is 10.5 Å². The van der Waals surface area contributed by atoms with Crippen molar-refractivity contribution in [1.29, 1.82) is 0 Å². The van der Waals surface area contributed by atoms with E-state index in [1.807, 2.05) is 19.1 Å². The summed E-state index contributed by atoms with van der Waals surface area (Å²) in [6, 6.07) is 7.23. The van der Waals surface area contributed by atoms with Crippen LogP contribution in [0.15, 0.2) is 29.4 Å². The lowest BCUT2D eigenvalue weighted by atomic mass is 9.82. The van der Waals surface area contributed by atoms with Crippen LogP contribution < -0.4 is 5.43 Å². The van der Waals surface area contributed by atoms with E-state index < -0.39 is 5.41 Å². The third kappa shape index (κ3) is 2.00. The Kier molecular flexibility index (Phi) is 3.07. The molecule has 0 saturated carbocycles. The van der Waals surface area contributed by atoms with Crippen molar-refractivity contribution < 1.29 is 9.53 Å². The van der Waals surface area contributed by atoms with Gasteiger partial charge < -0.3 is 10.2 Å². The van der Waals surface area contributed by atoms with Crippen molar-refractivity contribution in [1.82, 2.24) is 5.43 Å². The lowest BCUT2D eigenvalue weighted by Gasteiger charge is -2.21. The number of carbonyl (C=O) groups is 1. The number of benzene rings is 1. The maximum atomic E-state index is 11.8. The van der Waals surface area contributed by atoms with E-state index in [0.29, 0.717) is 17.3 Å². The second kappa shape index (κ2) is 4.37. The first-order chi connectivity index (χ1) is 8.08. The van der Waals surface area contributed by atoms with Crippen LogP contribution in [0.2, 0.25) is 5.02 Å². The summed E-state index contributed by atoms with van der Waals surface area (Å²) in [7, 11) is 1.38. The third-order valence-corrected chi connectivity index (χ3v) is 3.15. The summed E-state index contributed by atoms with van der Waals surface area (Å²) in [4.78, 5) is 11.8. The molecule has 0 aromatic heterocycles. The molecule has 0 fully saturated rings. The number of hydrogen-bond donors (Lipinski definition) is 1. The number of halogens is 1. The molecule has 1 heterocycles. The molecule has 0 bridgehead atoms. The lowest BCUT2D eigenvalue weighted by molar-refractivity contribution is -0.147. The second-order valence-corrected chi connectivity index (χ2v) is 4.56. The van der Waals surface area contributed by atoms with E-state index in [1.165, 1.54) is 7.11 Å². The summed E-state index contributed by atoms with van der Waals surface area (Å²) < 4.78 is 4.83. The molecule has 0 saturated heterocycles. The second-order valence-electron chi connectivity index (χ2n) is 4.13. The van der Waals surface area contributed by atoms with Crippen molar-refractivity contribution in [3.05, 3.63) is 34.9 Å². The Morgan fingerprint density at radius 2 is 2.12 bits per heavy atom. The van der Waals surface area contributed by atoms with E-state index in [4.69, 9.17) is 16.3 Å². The molecule has 0 aliphatic carbocycles. The van der Waals surface area contributed by atoms with Crippen molar-refractivity contribution in [3.8, 4) is 0 Å². The van der Waals surface area contributed by atoms with Gasteiger partial charge in [-0.2, -0.15) is 5.10 Å². The van der Waals surface area contributed by atoms with Crippen LogP contribution in [-0.4, -0.2) is 25.3 Å². The van der Waals surface area contributed by atoms with E-state index in [2.05, 4.69) is 10.5 Å². The zero-order chi connectivity index (χ0) is 12.5. The van der Waals surface area contributed by atoms with Gasteiger partial charge >= 0.3 is 5.97 Å². The summed E-state index contributed by atoms with van der Waals surface area (Å²) >= 11 is 5.83. The van der Waals surface area contributed by atoms with Gasteiger partial charge in [0.2, 0.25) is 0 Å². The van der Waals surface area contributed by atoms with Gasteiger partial charge in [-0.25, -0.2) is 0 Å². The molecular formula is C12H13ClN2O2. The van der Waals surface area contributed by atoms with Crippen molar-refractivity contribution in [2.45, 2.75) is 6.92 Å². The Morgan fingerprint density at radius 3 is 2.71 bits per heavy atom. The maximum absolute atomic E-state index is 11.8. The van der Waals surface area contributed by atoms with Crippen LogP contribution in [0.5, 0.6) is 0 Å². The highest BCUT2D eigenvalue weighted by molar-refractivity contribution is 6.30. The molecule has 0 radical (unpaired) electrons. The van der Waals surface area contributed by atoms with E-state index in [9.17, 15) is 4.79 Å². The molecule has 5 heteroatoms. The minimum Gasteiger partial charge on any atom is -0.468 e. The maximum Gasteiger partial charge on any atom is 0.319 e. The molecule has 1 N–H and O–H groups in total. The van der Waals surface area contributed by atoms with Crippen LogP contribution >= 0.6 is 11.6 Å². The summed E-state index contributed by atoms with van der Waals surface area (Å²) in [5, 5.41) is 4.83. The van der Waals surface area contributed by atoms with Crippen LogP contribution in [0.25, 0.3) is 0 Å². The van der Waals surface area contributed by atoms with Gasteiger partial charge in [0.1, 0.15) is 5.41 Å². The molecular weight excluding hydrogens is 240 g/mol. The van der Waals surface area contributed by atoms with Crippen LogP contribution in [-0.2, 0) is 9.53 Å². The number of hydrogen-bond acceptors (Lipinski definition) is 4. The van der Waals surface area contributed by atoms with Crippen LogP contribution in [0.4, 0.5) is 0 Å². The molecule has 1 unspecified atom stereocenters. The van der Waals surface area contributed by atoms with E-state index >= 15 is 0 Å². The number of rotatable bonds is 2. The van der Waals surface area contributed by atoms with Crippen molar-refractivity contribution in [2.75, 3.05) is 13.7 Å². The Morgan fingerprint density at radius 1 is 1.47 bits per heavy atom. The monoisotopic (exact) mass is 252 g/mol. The molecule has 1 aliphatic rings. The predicted molar refractivity (Wildman–Crippen MR) is 66.1 cm³/mol. The first-order valence-electron chi connectivity index (χ1n) is 5.23. The van der Waals surface area contributed by atoms with Gasteiger partial charge in [0, 0.05) is 5.02 Å². The van der Waals surface area contributed by atoms with E-state index in [-0.39, 0.29) is 5.97 Å². The highest BCUT2D eigenvalue weighted by atomic mass is 35.5. The molecule has 1 aromatic rings. The summed E-state index contributed by atoms with van der Waals surface area (Å²) in [5.74, 6) is -0.295. The Hall–Kier alpha value is -1.55. The van der Waals surface area contributed by atoms with Crippen molar-refractivity contribution in [3.63, 3.8) is 0 Å². The van der Waals surface area contributed by atoms with Gasteiger partial charge in [0.25, 0.3) is 0 Å². The average Bonchev–Trinajstić information content (AvgIpc) is 2.73. The van der Waals surface area contributed by atoms with Gasteiger partial charge in [-0.05, 0) is 24.6 Å². The van der Waals surface area contributed by atoms with Crippen LogP contribution in [0.1, 0.15) is 12.5 Å². The molecule has 17 heavy (non-hydrogen) atoms. The first-order valence-corrected chi connectivity index (χ1v) is 5.61. The van der Waals surface area contributed by atoms with Crippen LogP contribution in [0.3, 0.4) is 0 Å². The number of nitrogens with zero attached hydrogens (tertiary/aromatic N) is 1. The molecule has 4 nitrogen and oxygen atoms in total. The summed E-state index contributed by atoms with van der Waals surface area (Å²) in [6.07, 6.45) is 0. The quantitative estimate of drug-likeness (QED) is 0.817. The summed E-state index contributed by atoms with van der Waals surface area (Å²) in [5.41, 5.74) is 3.65. The van der Waals surface area contributed by atoms with E-state index in [0.717, 1.165) is 5.56 Å². The number of nitrogens with one attached hydrogen (secondary N) is 1. The average molecular weight is 253 g/mol. The van der Waals surface area contributed by atoms with Gasteiger partial charge in [-0.3, -0.25) is 4.79 Å². The predicted octanol–water partition coefficient (Wildman–Crippen LogP) is 1.83. The molecule has 2 rings (SSSR count). The first kappa shape index (κ1) is 11.9. The molecule has 1 atom stereocenters. The highest BCUT2D eigenvalue weighted by Gasteiger charge is 2.43. The normalized spacial score (nSPS) is 22.9. The van der Waals surface area contributed by atoms with Crippen LogP contribution in [0, 0.1) is 5.41 Å². The number of hydrazone groups is 1. The molecule has 1 aromatic carbocycles. The standard InChI is InChI=1S/C12H13ClN2O2/c1-12(11(16)17-2)7-14-15-10(12)8-3-5-9(13)6-4-8/h3-6,14H,7H2,1-2H3. The number of esters is 1. The summed E-state index contributed by atoms with van der Waals surface area (Å²) in [6.45, 7) is 2.25. The number of ether oxygens (including phenoxy) is 1. The number of methoxy groups -OCH3 is 1. The Labute approximate surface area is 105 Å². The molecule has 90 valence electrons. The zero-order valence-corrected chi connectivity index (χ0v) is 10.4. The smallest absolute Gasteiger partial charge is 0.319 e. The number of carbonyl (C=O) groups excluding carboxylic acids is 1. The molecule has 0 spiro atoms. The Bertz CT molecular complexity index is 470. The fourth-order valence-corrected chi connectivity index (χ4v) is 1.99. The fourth-order valence-electron chi connectivity index (χ4n) is 1.87. The van der Waals surface area contributed by atoms with Gasteiger partial charge in [0.05, 0.1) is 19.4 Å². The highest BCUT2D eigenvalue weighted by Crippen LogP contribution is 2.28. The van der Waals surface area contributed by atoms with Gasteiger partial charge in [-0.15, -0.1) is 0 Å². The lowest BCUT2D eigenvalue weighted by Crippen LogP contribution is -2.39. The van der Waals surface area contributed by atoms with Gasteiger partial charge in [0.15, 0.2) is 0 Å². The molecule has 0 amide bonds. The zero-order valence-electron chi connectivity index (χ0n) is 9.66. The Balaban J connectivity index is 2.38. The van der Waals surface area contributed by atoms with Crippen molar-refractivity contribution >= 4 is 23.3 Å². The van der Waals surface area contributed by atoms with Gasteiger partial charge in [-0.1, -0.05) is 23.7 Å². The largest absolute Gasteiger partial charge is 0.468 e. The SMILES string of the molecule is COC(=O)C1(C)CNN=C1c1ccc(Cl)cc1. The fraction of sp³-hybridized carbons (Fsp3) is 0.333. The van der Waals surface area contributed by atoms with E-state index in [1.54, 1.807) is 12.1 Å². The molecule has 1 aliphatic heterocycles. The minimum atomic E-state index is -0.747. The topological polar surface area (TPSA) is 50.7 Å².